The predicted octanol–water partition coefficient (Wildman–Crippen LogP) is 4.83. The number of benzene rings is 2. The summed E-state index contributed by atoms with van der Waals surface area (Å²) in [5, 5.41) is 5.97. The number of aromatic nitrogens is 1. The van der Waals surface area contributed by atoms with Crippen molar-refractivity contribution in [2.75, 3.05) is 10.6 Å². The standard InChI is InChI=1S/C20H18FN3O/c1-13-9-14(2)11-18(10-13)23-17-7-8-19(22-12-17)24-20(25)15-3-5-16(21)6-4-15/h3-12,23H,1-2H3,(H,22,24,25). The Morgan fingerprint density at radius 1 is 0.920 bits per heavy atom. The first kappa shape index (κ1) is 16.6. The van der Waals surface area contributed by atoms with Crippen molar-refractivity contribution in [2.45, 2.75) is 13.8 Å². The summed E-state index contributed by atoms with van der Waals surface area (Å²) >= 11 is 0. The molecule has 5 heteroatoms. The lowest BCUT2D eigenvalue weighted by Crippen LogP contribution is -2.12. The molecule has 0 fully saturated rings. The summed E-state index contributed by atoms with van der Waals surface area (Å²) in [6.45, 7) is 4.09. The number of carbonyl (C=O) groups is 1. The number of pyridine rings is 1. The van der Waals surface area contributed by atoms with Crippen molar-refractivity contribution in [3.05, 3.63) is 83.3 Å². The number of nitrogens with one attached hydrogen (secondary N) is 2. The van der Waals surface area contributed by atoms with Crippen molar-refractivity contribution < 1.29 is 9.18 Å². The number of hydrogen-bond donors (Lipinski definition) is 2. The highest BCUT2D eigenvalue weighted by Gasteiger charge is 2.07. The molecular weight excluding hydrogens is 317 g/mol. The van der Waals surface area contributed by atoms with Crippen molar-refractivity contribution in [1.82, 2.24) is 4.98 Å². The van der Waals surface area contributed by atoms with Crippen molar-refractivity contribution in [1.29, 1.82) is 0 Å². The summed E-state index contributed by atoms with van der Waals surface area (Å²) in [5.74, 6) is -0.278. The lowest BCUT2D eigenvalue weighted by molar-refractivity contribution is 0.102. The summed E-state index contributed by atoms with van der Waals surface area (Å²) in [5.41, 5.74) is 4.55. The van der Waals surface area contributed by atoms with Gasteiger partial charge in [-0.3, -0.25) is 4.79 Å². The van der Waals surface area contributed by atoms with Crippen LogP contribution < -0.4 is 10.6 Å². The molecule has 25 heavy (non-hydrogen) atoms. The van der Waals surface area contributed by atoms with Gasteiger partial charge in [0.15, 0.2) is 0 Å². The molecule has 0 bridgehead atoms. The third kappa shape index (κ3) is 4.41. The minimum absolute atomic E-state index is 0.331. The Balaban J connectivity index is 1.67. The monoisotopic (exact) mass is 335 g/mol. The molecule has 0 aliphatic carbocycles. The Hall–Kier alpha value is -3.21. The maximum absolute atomic E-state index is 12.9. The summed E-state index contributed by atoms with van der Waals surface area (Å²) in [4.78, 5) is 16.3. The smallest absolute Gasteiger partial charge is 0.256 e. The lowest BCUT2D eigenvalue weighted by Gasteiger charge is -2.09. The largest absolute Gasteiger partial charge is 0.354 e. The second-order valence-electron chi connectivity index (χ2n) is 5.89. The summed E-state index contributed by atoms with van der Waals surface area (Å²) in [7, 11) is 0. The fraction of sp³-hybridized carbons (Fsp3) is 0.100. The molecule has 0 unspecified atom stereocenters. The van der Waals surface area contributed by atoms with Crippen LogP contribution in [0.15, 0.2) is 60.8 Å². The minimum atomic E-state index is -0.378. The van der Waals surface area contributed by atoms with Gasteiger partial charge < -0.3 is 10.6 Å². The number of carbonyl (C=O) groups excluding carboxylic acids is 1. The van der Waals surface area contributed by atoms with Crippen LogP contribution in [-0.4, -0.2) is 10.9 Å². The zero-order valence-corrected chi connectivity index (χ0v) is 14.0. The molecule has 0 spiro atoms. The van der Waals surface area contributed by atoms with Gasteiger partial charge in [-0.2, -0.15) is 0 Å². The molecule has 3 rings (SSSR count). The first-order valence-corrected chi connectivity index (χ1v) is 7.88. The van der Waals surface area contributed by atoms with E-state index in [0.717, 1.165) is 11.4 Å². The van der Waals surface area contributed by atoms with E-state index in [1.807, 2.05) is 19.9 Å². The van der Waals surface area contributed by atoms with Crippen molar-refractivity contribution in [3.63, 3.8) is 0 Å². The van der Waals surface area contributed by atoms with E-state index in [9.17, 15) is 9.18 Å². The van der Waals surface area contributed by atoms with Crippen LogP contribution >= 0.6 is 0 Å². The van der Waals surface area contributed by atoms with Crippen LogP contribution in [0.2, 0.25) is 0 Å². The van der Waals surface area contributed by atoms with Gasteiger partial charge in [0.2, 0.25) is 0 Å². The van der Waals surface area contributed by atoms with Gasteiger partial charge in [-0.15, -0.1) is 0 Å². The molecule has 4 nitrogen and oxygen atoms in total. The van der Waals surface area contributed by atoms with E-state index in [1.165, 1.54) is 35.4 Å². The summed E-state index contributed by atoms with van der Waals surface area (Å²) in [6, 6.07) is 15.1. The number of anilines is 3. The van der Waals surface area contributed by atoms with E-state index in [-0.39, 0.29) is 11.7 Å². The van der Waals surface area contributed by atoms with Gasteiger partial charge in [-0.05, 0) is 73.5 Å². The van der Waals surface area contributed by atoms with Gasteiger partial charge in [0.25, 0.3) is 5.91 Å². The molecule has 0 atom stereocenters. The van der Waals surface area contributed by atoms with Gasteiger partial charge in [0.05, 0.1) is 11.9 Å². The molecule has 3 aromatic rings. The zero-order chi connectivity index (χ0) is 17.8. The molecule has 126 valence electrons. The average molecular weight is 335 g/mol. The average Bonchev–Trinajstić information content (AvgIpc) is 2.56. The number of hydrogen-bond acceptors (Lipinski definition) is 3. The minimum Gasteiger partial charge on any atom is -0.354 e. The fourth-order valence-electron chi connectivity index (χ4n) is 2.55. The molecule has 0 aliphatic heterocycles. The van der Waals surface area contributed by atoms with Crippen LogP contribution in [0.3, 0.4) is 0 Å². The number of halogens is 1. The van der Waals surface area contributed by atoms with Gasteiger partial charge in [-0.1, -0.05) is 6.07 Å². The second kappa shape index (κ2) is 7.13. The number of amides is 1. The number of aryl methyl sites for hydroxylation is 2. The van der Waals surface area contributed by atoms with E-state index in [0.29, 0.717) is 11.4 Å². The van der Waals surface area contributed by atoms with Crippen LogP contribution in [0.1, 0.15) is 21.5 Å². The maximum atomic E-state index is 12.9. The van der Waals surface area contributed by atoms with E-state index >= 15 is 0 Å². The zero-order valence-electron chi connectivity index (χ0n) is 14.0. The predicted molar refractivity (Wildman–Crippen MR) is 97.8 cm³/mol. The molecule has 2 N–H and O–H groups in total. The highest BCUT2D eigenvalue weighted by Crippen LogP contribution is 2.20. The van der Waals surface area contributed by atoms with Crippen LogP contribution in [0.25, 0.3) is 0 Å². The fourth-order valence-corrected chi connectivity index (χ4v) is 2.55. The van der Waals surface area contributed by atoms with Gasteiger partial charge in [-0.25, -0.2) is 9.37 Å². The SMILES string of the molecule is Cc1cc(C)cc(Nc2ccc(NC(=O)c3ccc(F)cc3)nc2)c1. The van der Waals surface area contributed by atoms with Gasteiger partial charge in [0.1, 0.15) is 11.6 Å². The normalized spacial score (nSPS) is 10.4. The molecule has 1 heterocycles. The molecule has 0 saturated carbocycles. The highest BCUT2D eigenvalue weighted by atomic mass is 19.1. The summed E-state index contributed by atoms with van der Waals surface area (Å²) in [6.07, 6.45) is 1.65. The maximum Gasteiger partial charge on any atom is 0.256 e. The molecule has 1 aromatic heterocycles. The number of rotatable bonds is 4. The van der Waals surface area contributed by atoms with Crippen LogP contribution in [0.4, 0.5) is 21.6 Å². The Bertz CT molecular complexity index is 870. The quantitative estimate of drug-likeness (QED) is 0.718. The summed E-state index contributed by atoms with van der Waals surface area (Å²) < 4.78 is 12.9. The molecule has 2 aromatic carbocycles. The van der Waals surface area contributed by atoms with Crippen LogP contribution in [-0.2, 0) is 0 Å². The van der Waals surface area contributed by atoms with Crippen LogP contribution in [0, 0.1) is 19.7 Å². The highest BCUT2D eigenvalue weighted by molar-refractivity contribution is 6.03. The van der Waals surface area contributed by atoms with E-state index < -0.39 is 0 Å². The lowest BCUT2D eigenvalue weighted by atomic mass is 10.1. The van der Waals surface area contributed by atoms with Gasteiger partial charge >= 0.3 is 0 Å². The number of nitrogens with zero attached hydrogens (tertiary/aromatic N) is 1. The van der Waals surface area contributed by atoms with Crippen molar-refractivity contribution in [3.8, 4) is 0 Å². The Labute approximate surface area is 145 Å². The molecule has 0 aliphatic rings. The Morgan fingerprint density at radius 3 is 2.20 bits per heavy atom. The topological polar surface area (TPSA) is 54.0 Å². The van der Waals surface area contributed by atoms with Gasteiger partial charge in [0, 0.05) is 11.3 Å². The third-order valence-electron chi connectivity index (χ3n) is 3.62. The van der Waals surface area contributed by atoms with Crippen LogP contribution in [0.5, 0.6) is 0 Å². The molecular formula is C20H18FN3O. The third-order valence-corrected chi connectivity index (χ3v) is 3.62. The first-order chi connectivity index (χ1) is 12.0. The molecule has 0 saturated heterocycles. The Morgan fingerprint density at radius 2 is 1.60 bits per heavy atom. The van der Waals surface area contributed by atoms with Crippen molar-refractivity contribution in [2.24, 2.45) is 0 Å². The van der Waals surface area contributed by atoms with E-state index in [1.54, 1.807) is 12.3 Å². The van der Waals surface area contributed by atoms with Crippen molar-refractivity contribution >= 4 is 23.1 Å². The second-order valence-corrected chi connectivity index (χ2v) is 5.89. The Kier molecular flexibility index (Phi) is 4.75. The van der Waals surface area contributed by atoms with E-state index in [2.05, 4.69) is 33.8 Å². The molecule has 1 amide bonds. The molecule has 0 radical (unpaired) electrons. The first-order valence-electron chi connectivity index (χ1n) is 7.88. The van der Waals surface area contributed by atoms with E-state index in [4.69, 9.17) is 0 Å².